The van der Waals surface area contributed by atoms with Gasteiger partial charge >= 0.3 is 0 Å². The third kappa shape index (κ3) is 4.84. The summed E-state index contributed by atoms with van der Waals surface area (Å²) >= 11 is 14.5. The molecule has 0 saturated heterocycles. The van der Waals surface area contributed by atoms with E-state index in [2.05, 4.69) is 31.5 Å². The summed E-state index contributed by atoms with van der Waals surface area (Å²) < 4.78 is 5.87. The van der Waals surface area contributed by atoms with Crippen LogP contribution >= 0.6 is 39.7 Å². The normalized spacial score (nSPS) is 10.0. The van der Waals surface area contributed by atoms with Crippen LogP contribution in [0.25, 0.3) is 0 Å². The largest absolute Gasteiger partial charge is 0.497 e. The van der Waals surface area contributed by atoms with E-state index in [0.29, 0.717) is 22.5 Å². The van der Waals surface area contributed by atoms with Crippen LogP contribution in [0.3, 0.4) is 0 Å². The summed E-state index contributed by atoms with van der Waals surface area (Å²) in [5.41, 5.74) is 1.10. The lowest BCUT2D eigenvalue weighted by molar-refractivity contribution is 0.414. The molecule has 1 aromatic heterocycles. The number of nitrogens with zero attached hydrogens (tertiary/aromatic N) is 1. The van der Waals surface area contributed by atoms with Gasteiger partial charge in [-0.15, -0.1) is 0 Å². The van der Waals surface area contributed by atoms with Crippen molar-refractivity contribution in [2.45, 2.75) is 6.54 Å². The number of pyridine rings is 1. The van der Waals surface area contributed by atoms with Gasteiger partial charge in [-0.3, -0.25) is 0 Å². The maximum absolute atomic E-state index is 5.84. The molecule has 2 aromatic rings. The first-order valence-corrected chi connectivity index (χ1v) is 7.65. The highest BCUT2D eigenvalue weighted by Gasteiger charge is 2.04. The summed E-state index contributed by atoms with van der Waals surface area (Å²) in [6.45, 7) is 0.612. The Balaban J connectivity index is 1.89. The second-order valence-electron chi connectivity index (χ2n) is 4.14. The van der Waals surface area contributed by atoms with Crippen molar-refractivity contribution in [3.63, 3.8) is 0 Å². The third-order valence-electron chi connectivity index (χ3n) is 2.65. The average Bonchev–Trinajstić information content (AvgIpc) is 2.48. The lowest BCUT2D eigenvalue weighted by Gasteiger charge is -2.11. The van der Waals surface area contributed by atoms with Crippen LogP contribution in [-0.2, 0) is 6.54 Å². The minimum atomic E-state index is 0.487. The Hall–Kier alpha value is -1.37. The molecule has 21 heavy (non-hydrogen) atoms. The molecule has 0 fully saturated rings. The summed E-state index contributed by atoms with van der Waals surface area (Å²) in [6, 6.07) is 9.52. The van der Waals surface area contributed by atoms with E-state index in [9.17, 15) is 0 Å². The van der Waals surface area contributed by atoms with E-state index in [1.807, 2.05) is 24.3 Å². The maximum atomic E-state index is 5.84. The molecule has 0 radical (unpaired) electrons. The van der Waals surface area contributed by atoms with Crippen molar-refractivity contribution in [1.82, 2.24) is 10.3 Å². The number of hydrogen-bond donors (Lipinski definition) is 2. The van der Waals surface area contributed by atoms with Gasteiger partial charge in [-0.1, -0.05) is 23.7 Å². The number of halogens is 2. The Morgan fingerprint density at radius 3 is 2.71 bits per heavy atom. The molecule has 0 unspecified atom stereocenters. The van der Waals surface area contributed by atoms with Crippen LogP contribution in [0.5, 0.6) is 5.75 Å². The zero-order valence-electron chi connectivity index (χ0n) is 11.2. The Morgan fingerprint density at radius 2 is 2.10 bits per heavy atom. The van der Waals surface area contributed by atoms with E-state index in [4.69, 9.17) is 28.6 Å². The molecular formula is C14H13BrClN3OS. The Labute approximate surface area is 142 Å². The molecule has 1 aromatic carbocycles. The quantitative estimate of drug-likeness (QED) is 0.778. The number of thiocarbonyl (C=S) groups is 1. The number of nitrogens with one attached hydrogen (secondary N) is 2. The molecule has 1 heterocycles. The number of methoxy groups -OCH3 is 1. The van der Waals surface area contributed by atoms with Gasteiger partial charge in [0.2, 0.25) is 0 Å². The van der Waals surface area contributed by atoms with Crippen molar-refractivity contribution in [2.24, 2.45) is 0 Å². The highest BCUT2D eigenvalue weighted by atomic mass is 79.9. The number of anilines is 1. The standard InChI is InChI=1S/C14H13BrClN3OS/c1-20-11-4-2-9(3-5-11)7-18-14(21)19-13-12(15)6-10(16)8-17-13/h2-6,8H,7H2,1H3,(H2,17,18,19,21). The summed E-state index contributed by atoms with van der Waals surface area (Å²) in [5.74, 6) is 1.44. The SMILES string of the molecule is COc1ccc(CNC(=S)Nc2ncc(Cl)cc2Br)cc1. The van der Waals surface area contributed by atoms with Crippen LogP contribution < -0.4 is 15.4 Å². The van der Waals surface area contributed by atoms with Crippen molar-refractivity contribution in [2.75, 3.05) is 12.4 Å². The first kappa shape index (κ1) is 16.0. The Bertz CT molecular complexity index is 637. The zero-order chi connectivity index (χ0) is 15.2. The molecule has 0 aliphatic heterocycles. The van der Waals surface area contributed by atoms with Gasteiger partial charge in [-0.2, -0.15) is 0 Å². The zero-order valence-corrected chi connectivity index (χ0v) is 14.3. The summed E-state index contributed by atoms with van der Waals surface area (Å²) in [6.07, 6.45) is 1.56. The number of aromatic nitrogens is 1. The molecule has 7 heteroatoms. The predicted molar refractivity (Wildman–Crippen MR) is 93.0 cm³/mol. The van der Waals surface area contributed by atoms with E-state index in [0.717, 1.165) is 15.8 Å². The molecule has 2 N–H and O–H groups in total. The average molecular weight is 387 g/mol. The van der Waals surface area contributed by atoms with Crippen molar-refractivity contribution in [3.05, 3.63) is 51.6 Å². The van der Waals surface area contributed by atoms with Crippen LogP contribution in [0, 0.1) is 0 Å². The van der Waals surface area contributed by atoms with E-state index in [1.54, 1.807) is 19.4 Å². The van der Waals surface area contributed by atoms with Gasteiger partial charge in [0.15, 0.2) is 5.11 Å². The van der Waals surface area contributed by atoms with Crippen LogP contribution in [0.15, 0.2) is 41.0 Å². The predicted octanol–water partition coefficient (Wildman–Crippen LogP) is 3.99. The molecule has 0 bridgehead atoms. The first-order chi connectivity index (χ1) is 10.1. The highest BCUT2D eigenvalue weighted by molar-refractivity contribution is 9.10. The molecular weight excluding hydrogens is 374 g/mol. The van der Waals surface area contributed by atoms with Gasteiger partial charge < -0.3 is 15.4 Å². The van der Waals surface area contributed by atoms with Gasteiger partial charge in [0.1, 0.15) is 11.6 Å². The van der Waals surface area contributed by atoms with Gasteiger partial charge in [0.25, 0.3) is 0 Å². The molecule has 4 nitrogen and oxygen atoms in total. The van der Waals surface area contributed by atoms with Gasteiger partial charge in [0.05, 0.1) is 16.6 Å². The Morgan fingerprint density at radius 1 is 1.38 bits per heavy atom. The van der Waals surface area contributed by atoms with Crippen LogP contribution in [0.4, 0.5) is 5.82 Å². The highest BCUT2D eigenvalue weighted by Crippen LogP contribution is 2.23. The van der Waals surface area contributed by atoms with E-state index >= 15 is 0 Å². The fourth-order valence-corrected chi connectivity index (χ4v) is 2.49. The number of benzene rings is 1. The van der Waals surface area contributed by atoms with E-state index < -0.39 is 0 Å². The second kappa shape index (κ2) is 7.59. The molecule has 0 spiro atoms. The molecule has 0 atom stereocenters. The summed E-state index contributed by atoms with van der Waals surface area (Å²) in [4.78, 5) is 4.16. The van der Waals surface area contributed by atoms with Crippen molar-refractivity contribution in [1.29, 1.82) is 0 Å². The second-order valence-corrected chi connectivity index (χ2v) is 5.84. The molecule has 0 amide bonds. The van der Waals surface area contributed by atoms with Crippen LogP contribution in [-0.4, -0.2) is 17.2 Å². The van der Waals surface area contributed by atoms with Crippen molar-refractivity contribution in [3.8, 4) is 5.75 Å². The Kier molecular flexibility index (Phi) is 5.78. The van der Waals surface area contributed by atoms with Crippen molar-refractivity contribution < 1.29 is 4.74 Å². The number of hydrogen-bond acceptors (Lipinski definition) is 3. The van der Waals surface area contributed by atoms with Crippen LogP contribution in [0.1, 0.15) is 5.56 Å². The molecule has 0 aliphatic carbocycles. The van der Waals surface area contributed by atoms with Gasteiger partial charge in [-0.25, -0.2) is 4.98 Å². The minimum Gasteiger partial charge on any atom is -0.497 e. The lowest BCUT2D eigenvalue weighted by Crippen LogP contribution is -2.28. The summed E-state index contributed by atoms with van der Waals surface area (Å²) in [7, 11) is 1.64. The topological polar surface area (TPSA) is 46.2 Å². The molecule has 0 saturated carbocycles. The number of ether oxygens (including phenoxy) is 1. The summed E-state index contributed by atoms with van der Waals surface area (Å²) in [5, 5.41) is 7.17. The molecule has 110 valence electrons. The van der Waals surface area contributed by atoms with E-state index in [-0.39, 0.29) is 0 Å². The van der Waals surface area contributed by atoms with Gasteiger partial charge in [-0.05, 0) is 51.9 Å². The van der Waals surface area contributed by atoms with Crippen LogP contribution in [0.2, 0.25) is 5.02 Å². The number of rotatable bonds is 4. The van der Waals surface area contributed by atoms with Gasteiger partial charge in [0, 0.05) is 12.7 Å². The lowest BCUT2D eigenvalue weighted by atomic mass is 10.2. The maximum Gasteiger partial charge on any atom is 0.172 e. The van der Waals surface area contributed by atoms with E-state index in [1.165, 1.54) is 0 Å². The monoisotopic (exact) mass is 385 g/mol. The fraction of sp³-hybridized carbons (Fsp3) is 0.143. The first-order valence-electron chi connectivity index (χ1n) is 6.07. The van der Waals surface area contributed by atoms with Crippen molar-refractivity contribution >= 4 is 50.7 Å². The third-order valence-corrected chi connectivity index (χ3v) is 3.71. The smallest absolute Gasteiger partial charge is 0.172 e. The minimum absolute atomic E-state index is 0.487. The molecule has 2 rings (SSSR count). The fourth-order valence-electron chi connectivity index (χ4n) is 1.58. The molecule has 0 aliphatic rings.